The summed E-state index contributed by atoms with van der Waals surface area (Å²) in [5, 5.41) is 3.17. The number of fused-ring (bicyclic) bond motifs is 1. The molecule has 4 aromatic rings. The molecule has 4 rings (SSSR count). The van der Waals surface area contributed by atoms with Crippen LogP contribution in [-0.4, -0.2) is 25.4 Å². The first kappa shape index (κ1) is 24.3. The zero-order valence-electron chi connectivity index (χ0n) is 18.1. The minimum absolute atomic E-state index is 0.0254. The Morgan fingerprint density at radius 1 is 1.03 bits per heavy atom. The van der Waals surface area contributed by atoms with E-state index in [4.69, 9.17) is 23.2 Å². The summed E-state index contributed by atoms with van der Waals surface area (Å²) in [6.45, 7) is 1.33. The van der Waals surface area contributed by atoms with E-state index in [0.717, 1.165) is 26.7 Å². The van der Waals surface area contributed by atoms with Gasteiger partial charge in [-0.15, -0.1) is 0 Å². The van der Waals surface area contributed by atoms with E-state index < -0.39 is 22.5 Å². The van der Waals surface area contributed by atoms with Crippen LogP contribution in [0.4, 0.5) is 11.4 Å². The van der Waals surface area contributed by atoms with Gasteiger partial charge in [0.1, 0.15) is 6.54 Å². The molecule has 0 aliphatic heterocycles. The first-order valence-corrected chi connectivity index (χ1v) is 13.0. The lowest BCUT2D eigenvalue weighted by Crippen LogP contribution is -2.38. The van der Waals surface area contributed by atoms with Crippen LogP contribution in [0.15, 0.2) is 70.4 Å². The van der Waals surface area contributed by atoms with Gasteiger partial charge in [-0.05, 0) is 55.5 Å². The molecule has 11 heteroatoms. The third-order valence-corrected chi connectivity index (χ3v) is 8.33. The van der Waals surface area contributed by atoms with Crippen molar-refractivity contribution >= 4 is 72.1 Å². The third-order valence-electron chi connectivity index (χ3n) is 5.11. The van der Waals surface area contributed by atoms with E-state index in [-0.39, 0.29) is 25.5 Å². The molecule has 1 N–H and O–H groups in total. The average Bonchev–Trinajstić information content (AvgIpc) is 3.04. The van der Waals surface area contributed by atoms with Gasteiger partial charge in [0.2, 0.25) is 5.91 Å². The largest absolute Gasteiger partial charge is 0.324 e. The summed E-state index contributed by atoms with van der Waals surface area (Å²) in [7, 11) is -2.45. The summed E-state index contributed by atoms with van der Waals surface area (Å²) >= 11 is 13.3. The molecular weight excluding hydrogens is 517 g/mol. The Morgan fingerprint density at radius 2 is 1.68 bits per heavy atom. The second-order valence-corrected chi connectivity index (χ2v) is 11.3. The van der Waals surface area contributed by atoms with Crippen molar-refractivity contribution in [3.8, 4) is 0 Å². The number of sulfonamides is 1. The second kappa shape index (κ2) is 9.42. The molecule has 0 unspecified atom stereocenters. The van der Waals surface area contributed by atoms with Gasteiger partial charge in [-0.25, -0.2) is 8.42 Å². The molecule has 0 fully saturated rings. The molecular formula is C23H19Cl2N3O4S2. The van der Waals surface area contributed by atoms with Crippen LogP contribution >= 0.6 is 34.5 Å². The van der Waals surface area contributed by atoms with Crippen LogP contribution in [0.25, 0.3) is 10.2 Å². The number of thiazole rings is 1. The molecule has 34 heavy (non-hydrogen) atoms. The number of aromatic nitrogens is 1. The number of halogens is 2. The highest BCUT2D eigenvalue weighted by Gasteiger charge is 2.28. The van der Waals surface area contributed by atoms with Gasteiger partial charge in [0.05, 0.1) is 20.8 Å². The highest BCUT2D eigenvalue weighted by molar-refractivity contribution is 7.92. The maximum absolute atomic E-state index is 13.5. The van der Waals surface area contributed by atoms with Gasteiger partial charge in [-0.2, -0.15) is 0 Å². The van der Waals surface area contributed by atoms with Crippen molar-refractivity contribution in [1.82, 2.24) is 4.57 Å². The van der Waals surface area contributed by atoms with Crippen LogP contribution in [0.1, 0.15) is 5.56 Å². The van der Waals surface area contributed by atoms with Gasteiger partial charge in [0.15, 0.2) is 0 Å². The van der Waals surface area contributed by atoms with Gasteiger partial charge >= 0.3 is 4.87 Å². The summed E-state index contributed by atoms with van der Waals surface area (Å²) in [5.74, 6) is -0.575. The van der Waals surface area contributed by atoms with Gasteiger partial charge in [0, 0.05) is 22.8 Å². The molecule has 0 radical (unpaired) electrons. The normalized spacial score (nSPS) is 11.5. The minimum atomic E-state index is -4.12. The van der Waals surface area contributed by atoms with E-state index in [9.17, 15) is 18.0 Å². The molecule has 0 spiro atoms. The Bertz CT molecular complexity index is 1540. The SMILES string of the molecule is Cc1ccc(S(=O)(=O)N(CC(=O)Nc2ccc3c(c2)sc(=O)n3C)c2cc(Cl)cc(Cl)c2)cc1. The fourth-order valence-electron chi connectivity index (χ4n) is 3.38. The summed E-state index contributed by atoms with van der Waals surface area (Å²) in [6, 6.07) is 15.7. The van der Waals surface area contributed by atoms with Crippen LogP contribution in [0.5, 0.6) is 0 Å². The number of amides is 1. The minimum Gasteiger partial charge on any atom is -0.324 e. The maximum Gasteiger partial charge on any atom is 0.307 e. The van der Waals surface area contributed by atoms with Crippen LogP contribution in [0.3, 0.4) is 0 Å². The Morgan fingerprint density at radius 3 is 2.32 bits per heavy atom. The van der Waals surface area contributed by atoms with Gasteiger partial charge in [-0.3, -0.25) is 13.9 Å². The second-order valence-electron chi connectivity index (χ2n) is 7.61. The lowest BCUT2D eigenvalue weighted by atomic mass is 10.2. The highest BCUT2D eigenvalue weighted by atomic mass is 35.5. The Hall–Kier alpha value is -2.85. The van der Waals surface area contributed by atoms with Crippen LogP contribution in [-0.2, 0) is 21.9 Å². The van der Waals surface area contributed by atoms with Crippen molar-refractivity contribution in [2.45, 2.75) is 11.8 Å². The number of hydrogen-bond acceptors (Lipinski definition) is 5. The van der Waals surface area contributed by atoms with Gasteiger partial charge in [0.25, 0.3) is 10.0 Å². The van der Waals surface area contributed by atoms with Crippen molar-refractivity contribution in [3.05, 3.63) is 85.9 Å². The van der Waals surface area contributed by atoms with Crippen LogP contribution in [0, 0.1) is 6.92 Å². The average molecular weight is 536 g/mol. The number of rotatable bonds is 6. The summed E-state index contributed by atoms with van der Waals surface area (Å²) in [6.07, 6.45) is 0. The lowest BCUT2D eigenvalue weighted by Gasteiger charge is -2.24. The maximum atomic E-state index is 13.5. The number of anilines is 2. The van der Waals surface area contributed by atoms with Crippen molar-refractivity contribution < 1.29 is 13.2 Å². The zero-order chi connectivity index (χ0) is 24.6. The molecule has 3 aromatic carbocycles. The molecule has 0 aliphatic rings. The van der Waals surface area contributed by atoms with Gasteiger partial charge in [-0.1, -0.05) is 52.2 Å². The molecule has 0 saturated heterocycles. The number of nitrogens with zero attached hydrogens (tertiary/aromatic N) is 2. The van der Waals surface area contributed by atoms with Crippen molar-refractivity contribution in [2.24, 2.45) is 7.05 Å². The predicted molar refractivity (Wildman–Crippen MR) is 138 cm³/mol. The van der Waals surface area contributed by atoms with E-state index in [1.807, 2.05) is 6.92 Å². The quantitative estimate of drug-likeness (QED) is 0.374. The molecule has 0 aliphatic carbocycles. The standard InChI is InChI=1S/C23H19Cl2N3O4S2/c1-14-3-6-19(7-4-14)34(31,32)28(18-10-15(24)9-16(25)11-18)13-22(29)26-17-5-8-20-21(12-17)33-23(30)27(20)2/h3-12H,13H2,1-2H3,(H,26,29). The molecule has 0 bridgehead atoms. The molecule has 0 atom stereocenters. The highest BCUT2D eigenvalue weighted by Crippen LogP contribution is 2.30. The van der Waals surface area contributed by atoms with E-state index >= 15 is 0 Å². The molecule has 7 nitrogen and oxygen atoms in total. The van der Waals surface area contributed by atoms with Crippen molar-refractivity contribution in [1.29, 1.82) is 0 Å². The smallest absolute Gasteiger partial charge is 0.307 e. The zero-order valence-corrected chi connectivity index (χ0v) is 21.2. The third kappa shape index (κ3) is 4.97. The Kier molecular flexibility index (Phi) is 6.73. The molecule has 176 valence electrons. The van der Waals surface area contributed by atoms with Crippen LogP contribution < -0.4 is 14.5 Å². The Labute approximate surface area is 210 Å². The van der Waals surface area contributed by atoms with Crippen molar-refractivity contribution in [3.63, 3.8) is 0 Å². The van der Waals surface area contributed by atoms with Gasteiger partial charge < -0.3 is 9.88 Å². The van der Waals surface area contributed by atoms with E-state index in [0.29, 0.717) is 10.4 Å². The fourth-order valence-corrected chi connectivity index (χ4v) is 6.22. The van der Waals surface area contributed by atoms with E-state index in [2.05, 4.69) is 5.32 Å². The molecule has 1 amide bonds. The molecule has 1 heterocycles. The summed E-state index contributed by atoms with van der Waals surface area (Å²) in [4.78, 5) is 24.8. The number of benzene rings is 3. The lowest BCUT2D eigenvalue weighted by molar-refractivity contribution is -0.114. The molecule has 0 saturated carbocycles. The van der Waals surface area contributed by atoms with E-state index in [1.54, 1.807) is 37.4 Å². The van der Waals surface area contributed by atoms with Crippen LogP contribution in [0.2, 0.25) is 10.0 Å². The number of carbonyl (C=O) groups is 1. The number of carbonyl (C=O) groups excluding carboxylic acids is 1. The van der Waals surface area contributed by atoms with Crippen molar-refractivity contribution in [2.75, 3.05) is 16.2 Å². The number of aryl methyl sites for hydroxylation is 2. The first-order valence-electron chi connectivity index (χ1n) is 9.99. The Balaban J connectivity index is 1.68. The molecule has 1 aromatic heterocycles. The number of nitrogens with one attached hydrogen (secondary N) is 1. The first-order chi connectivity index (χ1) is 16.0. The number of hydrogen-bond donors (Lipinski definition) is 1. The summed E-state index contributed by atoms with van der Waals surface area (Å²) in [5.41, 5.74) is 2.24. The summed E-state index contributed by atoms with van der Waals surface area (Å²) < 4.78 is 30.2. The fraction of sp³-hybridized carbons (Fsp3) is 0.130. The predicted octanol–water partition coefficient (Wildman–Crippen LogP) is 5.05. The monoisotopic (exact) mass is 535 g/mol. The van der Waals surface area contributed by atoms with E-state index in [1.165, 1.54) is 34.9 Å². The topological polar surface area (TPSA) is 88.5 Å².